The molecule has 1 aliphatic rings. The van der Waals surface area contributed by atoms with Crippen LogP contribution in [0.1, 0.15) is 21.5 Å². The number of nitrogens with zero attached hydrogens (tertiary/aromatic N) is 3. The second-order valence-electron chi connectivity index (χ2n) is 4.37. The molecule has 0 aromatic carbocycles. The number of rotatable bonds is 2. The number of carbonyl (C=O) groups excluding carboxylic acids is 1. The van der Waals surface area contributed by atoms with Gasteiger partial charge in [0.15, 0.2) is 0 Å². The molecule has 1 atom stereocenters. The summed E-state index contributed by atoms with van der Waals surface area (Å²) in [4.78, 5) is 21.9. The van der Waals surface area contributed by atoms with E-state index in [-0.39, 0.29) is 17.6 Å². The van der Waals surface area contributed by atoms with Gasteiger partial charge in [-0.15, -0.1) is 11.3 Å². The molecule has 0 bridgehead atoms. The fourth-order valence-electron chi connectivity index (χ4n) is 2.09. The van der Waals surface area contributed by atoms with Gasteiger partial charge >= 0.3 is 0 Å². The Morgan fingerprint density at radius 1 is 1.50 bits per heavy atom. The minimum absolute atomic E-state index is 0.214. The Balaban J connectivity index is 1.75. The molecule has 1 amide bonds. The summed E-state index contributed by atoms with van der Waals surface area (Å²) in [6.07, 6.45) is 3.95. The van der Waals surface area contributed by atoms with Gasteiger partial charge in [0.25, 0.3) is 5.91 Å². The van der Waals surface area contributed by atoms with Crippen molar-refractivity contribution >= 4 is 17.2 Å². The van der Waals surface area contributed by atoms with Crippen molar-refractivity contribution in [2.75, 3.05) is 19.7 Å². The van der Waals surface area contributed by atoms with E-state index in [0.717, 1.165) is 11.2 Å². The largest absolute Gasteiger partial charge is 0.367 e. The first-order chi connectivity index (χ1) is 9.74. The molecule has 0 aliphatic carbocycles. The third-order valence-electron chi connectivity index (χ3n) is 3.03. The Hall–Kier alpha value is -1.86. The molecule has 7 heteroatoms. The number of halogens is 1. The van der Waals surface area contributed by atoms with Crippen LogP contribution in [0.4, 0.5) is 4.39 Å². The average molecular weight is 293 g/mol. The van der Waals surface area contributed by atoms with E-state index in [2.05, 4.69) is 9.97 Å². The summed E-state index contributed by atoms with van der Waals surface area (Å²) < 4.78 is 18.8. The molecule has 0 spiro atoms. The maximum Gasteiger partial charge on any atom is 0.255 e. The molecule has 1 saturated heterocycles. The van der Waals surface area contributed by atoms with Crippen LogP contribution in [0.5, 0.6) is 0 Å². The van der Waals surface area contributed by atoms with Crippen LogP contribution in [0.25, 0.3) is 0 Å². The molecular weight excluding hydrogens is 281 g/mol. The summed E-state index contributed by atoms with van der Waals surface area (Å²) in [7, 11) is 0. The Labute approximate surface area is 119 Å². The van der Waals surface area contributed by atoms with Crippen molar-refractivity contribution in [3.63, 3.8) is 0 Å². The molecule has 2 aromatic heterocycles. The highest BCUT2D eigenvalue weighted by Crippen LogP contribution is 2.24. The lowest BCUT2D eigenvalue weighted by atomic mass is 10.2. The molecule has 2 aromatic rings. The van der Waals surface area contributed by atoms with Crippen LogP contribution < -0.4 is 0 Å². The molecule has 0 saturated carbocycles. The Morgan fingerprint density at radius 2 is 2.40 bits per heavy atom. The SMILES string of the molecule is O=C(c1cncc(F)c1)N1CCOC(c2nccs2)C1. The predicted octanol–water partition coefficient (Wildman–Crippen LogP) is 1.89. The Morgan fingerprint density at radius 3 is 3.15 bits per heavy atom. The molecule has 20 heavy (non-hydrogen) atoms. The number of ether oxygens (including phenoxy) is 1. The zero-order chi connectivity index (χ0) is 13.9. The third-order valence-corrected chi connectivity index (χ3v) is 3.90. The van der Waals surface area contributed by atoms with E-state index in [1.54, 1.807) is 11.1 Å². The van der Waals surface area contributed by atoms with Crippen LogP contribution in [0, 0.1) is 5.82 Å². The van der Waals surface area contributed by atoms with Crippen molar-refractivity contribution in [3.8, 4) is 0 Å². The van der Waals surface area contributed by atoms with Gasteiger partial charge in [-0.3, -0.25) is 9.78 Å². The first-order valence-electron chi connectivity index (χ1n) is 6.15. The van der Waals surface area contributed by atoms with E-state index in [1.807, 2.05) is 5.38 Å². The van der Waals surface area contributed by atoms with Gasteiger partial charge in [0.2, 0.25) is 0 Å². The van der Waals surface area contributed by atoms with E-state index in [1.165, 1.54) is 23.6 Å². The minimum Gasteiger partial charge on any atom is -0.367 e. The molecule has 1 aliphatic heterocycles. The Bertz CT molecular complexity index is 605. The van der Waals surface area contributed by atoms with Gasteiger partial charge in [-0.25, -0.2) is 9.37 Å². The van der Waals surface area contributed by atoms with Gasteiger partial charge in [0.1, 0.15) is 16.9 Å². The van der Waals surface area contributed by atoms with Crippen LogP contribution in [0.2, 0.25) is 0 Å². The topological polar surface area (TPSA) is 55.3 Å². The molecule has 0 N–H and O–H groups in total. The molecule has 3 heterocycles. The summed E-state index contributed by atoms with van der Waals surface area (Å²) >= 11 is 1.50. The maximum absolute atomic E-state index is 13.1. The van der Waals surface area contributed by atoms with Crippen LogP contribution in [-0.2, 0) is 4.74 Å². The van der Waals surface area contributed by atoms with Gasteiger partial charge in [0.05, 0.1) is 24.9 Å². The monoisotopic (exact) mass is 293 g/mol. The lowest BCUT2D eigenvalue weighted by molar-refractivity contribution is -0.0229. The van der Waals surface area contributed by atoms with E-state index in [4.69, 9.17) is 4.74 Å². The van der Waals surface area contributed by atoms with Gasteiger partial charge in [-0.05, 0) is 6.07 Å². The number of hydrogen-bond donors (Lipinski definition) is 0. The average Bonchev–Trinajstić information content (AvgIpc) is 3.01. The lowest BCUT2D eigenvalue weighted by Crippen LogP contribution is -2.42. The van der Waals surface area contributed by atoms with Crippen LogP contribution in [-0.4, -0.2) is 40.5 Å². The highest BCUT2D eigenvalue weighted by atomic mass is 32.1. The number of aromatic nitrogens is 2. The predicted molar refractivity (Wildman–Crippen MR) is 70.9 cm³/mol. The fourth-order valence-corrected chi connectivity index (χ4v) is 2.77. The Kier molecular flexibility index (Phi) is 3.70. The standard InChI is InChI=1S/C13H12FN3O2S/c14-10-5-9(6-15-7-10)13(18)17-2-3-19-11(8-17)12-16-1-4-20-12/h1,4-7,11H,2-3,8H2. The molecule has 1 fully saturated rings. The highest BCUT2D eigenvalue weighted by molar-refractivity contribution is 7.09. The van der Waals surface area contributed by atoms with Crippen molar-refractivity contribution < 1.29 is 13.9 Å². The lowest BCUT2D eigenvalue weighted by Gasteiger charge is -2.32. The van der Waals surface area contributed by atoms with Crippen LogP contribution in [0.3, 0.4) is 0 Å². The summed E-state index contributed by atoms with van der Waals surface area (Å²) in [5.74, 6) is -0.748. The van der Waals surface area contributed by atoms with E-state index in [9.17, 15) is 9.18 Å². The van der Waals surface area contributed by atoms with E-state index >= 15 is 0 Å². The van der Waals surface area contributed by atoms with E-state index < -0.39 is 5.82 Å². The summed E-state index contributed by atoms with van der Waals surface area (Å²) in [6.45, 7) is 1.35. The number of carbonyl (C=O) groups is 1. The molecule has 1 unspecified atom stereocenters. The maximum atomic E-state index is 13.1. The quantitative estimate of drug-likeness (QED) is 0.848. The van der Waals surface area contributed by atoms with Gasteiger partial charge < -0.3 is 9.64 Å². The summed E-state index contributed by atoms with van der Waals surface area (Å²) in [5.41, 5.74) is 0.254. The zero-order valence-electron chi connectivity index (χ0n) is 10.5. The van der Waals surface area contributed by atoms with Crippen molar-refractivity contribution in [1.29, 1.82) is 0 Å². The van der Waals surface area contributed by atoms with Crippen molar-refractivity contribution in [3.05, 3.63) is 46.4 Å². The van der Waals surface area contributed by atoms with Gasteiger partial charge in [-0.1, -0.05) is 0 Å². The molecule has 0 radical (unpaired) electrons. The number of hydrogen-bond acceptors (Lipinski definition) is 5. The van der Waals surface area contributed by atoms with Crippen molar-refractivity contribution in [2.24, 2.45) is 0 Å². The van der Waals surface area contributed by atoms with Crippen molar-refractivity contribution in [1.82, 2.24) is 14.9 Å². The van der Waals surface area contributed by atoms with Crippen LogP contribution in [0.15, 0.2) is 30.0 Å². The first kappa shape index (κ1) is 13.1. The molecular formula is C13H12FN3O2S. The molecule has 3 rings (SSSR count). The van der Waals surface area contributed by atoms with Crippen LogP contribution >= 0.6 is 11.3 Å². The summed E-state index contributed by atoms with van der Waals surface area (Å²) in [5, 5.41) is 2.72. The van der Waals surface area contributed by atoms with Gasteiger partial charge in [-0.2, -0.15) is 0 Å². The summed E-state index contributed by atoms with van der Waals surface area (Å²) in [6, 6.07) is 1.20. The first-order valence-corrected chi connectivity index (χ1v) is 7.03. The number of pyridine rings is 1. The van der Waals surface area contributed by atoms with Gasteiger partial charge in [0, 0.05) is 24.3 Å². The fraction of sp³-hybridized carbons (Fsp3) is 0.308. The highest BCUT2D eigenvalue weighted by Gasteiger charge is 2.27. The number of morpholine rings is 1. The molecule has 104 valence electrons. The normalized spacial score (nSPS) is 19.1. The van der Waals surface area contributed by atoms with Crippen molar-refractivity contribution in [2.45, 2.75) is 6.10 Å². The molecule has 5 nitrogen and oxygen atoms in total. The number of amides is 1. The minimum atomic E-state index is -0.513. The second-order valence-corrected chi connectivity index (χ2v) is 5.30. The van der Waals surface area contributed by atoms with E-state index in [0.29, 0.717) is 19.7 Å². The third kappa shape index (κ3) is 2.68. The number of thiazole rings is 1. The second kappa shape index (κ2) is 5.64. The smallest absolute Gasteiger partial charge is 0.255 e. The zero-order valence-corrected chi connectivity index (χ0v) is 11.3.